The molecule has 0 saturated carbocycles. The average molecular weight is 398 g/mol. The number of nitrogens with zero attached hydrogens (tertiary/aromatic N) is 3. The van der Waals surface area contributed by atoms with Crippen molar-refractivity contribution in [2.75, 3.05) is 33.2 Å². The average Bonchev–Trinajstić information content (AvgIpc) is 3.08. The molecule has 4 rings (SSSR count). The van der Waals surface area contributed by atoms with Crippen molar-refractivity contribution >= 4 is 11.8 Å². The number of rotatable bonds is 5. The van der Waals surface area contributed by atoms with Gasteiger partial charge in [0.05, 0.1) is 0 Å². The number of piperidine rings is 1. The van der Waals surface area contributed by atoms with Crippen LogP contribution in [0.15, 0.2) is 24.3 Å². The highest BCUT2D eigenvalue weighted by atomic mass is 16.2. The summed E-state index contributed by atoms with van der Waals surface area (Å²) in [5, 5.41) is 0. The molecule has 2 fully saturated rings. The number of hydrogen-bond acceptors (Lipinski definition) is 3. The molecule has 0 spiro atoms. The molecule has 1 atom stereocenters. The van der Waals surface area contributed by atoms with Gasteiger partial charge >= 0.3 is 0 Å². The Bertz CT molecular complexity index is 710. The third kappa shape index (κ3) is 4.82. The highest BCUT2D eigenvalue weighted by Crippen LogP contribution is 2.28. The molecule has 0 N–H and O–H groups in total. The van der Waals surface area contributed by atoms with E-state index >= 15 is 0 Å². The molecule has 2 heterocycles. The van der Waals surface area contributed by atoms with E-state index in [0.717, 1.165) is 64.6 Å². The molecule has 158 valence electrons. The number of hydrogen-bond donors (Lipinski definition) is 0. The number of fused-ring (bicyclic) bond motifs is 1. The summed E-state index contributed by atoms with van der Waals surface area (Å²) in [6.07, 6.45) is 8.79. The normalized spacial score (nSPS) is 23.7. The zero-order chi connectivity index (χ0) is 20.2. The van der Waals surface area contributed by atoms with Crippen molar-refractivity contribution in [1.82, 2.24) is 14.7 Å². The molecule has 0 bridgehead atoms. The lowest BCUT2D eigenvalue weighted by Crippen LogP contribution is -2.52. The van der Waals surface area contributed by atoms with Crippen molar-refractivity contribution in [2.24, 2.45) is 0 Å². The third-order valence-electron chi connectivity index (χ3n) is 7.18. The van der Waals surface area contributed by atoms with E-state index in [-0.39, 0.29) is 11.8 Å². The smallest absolute Gasteiger partial charge is 0.224 e. The summed E-state index contributed by atoms with van der Waals surface area (Å²) in [6, 6.07) is 9.67. The summed E-state index contributed by atoms with van der Waals surface area (Å²) in [5.41, 5.74) is 2.98. The minimum Gasteiger partial charge on any atom is -0.342 e. The molecule has 1 aromatic rings. The molecule has 0 unspecified atom stereocenters. The van der Waals surface area contributed by atoms with E-state index < -0.39 is 0 Å². The molecular formula is C24H35N3O2. The molecule has 3 aliphatic rings. The van der Waals surface area contributed by atoms with Gasteiger partial charge in [0.25, 0.3) is 0 Å². The van der Waals surface area contributed by atoms with Gasteiger partial charge in [-0.2, -0.15) is 0 Å². The van der Waals surface area contributed by atoms with Gasteiger partial charge in [-0.25, -0.2) is 0 Å². The SMILES string of the molecule is CN(C(=O)CCN1CCCCCC1=O)[C@H]1CCCN(C2Cc3ccccc3C2)C1. The summed E-state index contributed by atoms with van der Waals surface area (Å²) in [7, 11) is 1.96. The van der Waals surface area contributed by atoms with Crippen molar-refractivity contribution in [3.63, 3.8) is 0 Å². The minimum atomic E-state index is 0.184. The Morgan fingerprint density at radius 2 is 1.83 bits per heavy atom. The molecule has 0 radical (unpaired) electrons. The van der Waals surface area contributed by atoms with E-state index in [0.29, 0.717) is 31.5 Å². The van der Waals surface area contributed by atoms with Gasteiger partial charge in [-0.15, -0.1) is 0 Å². The van der Waals surface area contributed by atoms with Crippen LogP contribution in [0.5, 0.6) is 0 Å². The molecule has 5 nitrogen and oxygen atoms in total. The predicted molar refractivity (Wildman–Crippen MR) is 115 cm³/mol. The van der Waals surface area contributed by atoms with Crippen LogP contribution in [0.2, 0.25) is 0 Å². The molecule has 2 saturated heterocycles. The van der Waals surface area contributed by atoms with Gasteiger partial charge in [-0.3, -0.25) is 14.5 Å². The molecule has 2 amide bonds. The Kier molecular flexibility index (Phi) is 6.53. The van der Waals surface area contributed by atoms with Crippen LogP contribution in [0.1, 0.15) is 56.1 Å². The quantitative estimate of drug-likeness (QED) is 0.767. The molecule has 1 aliphatic carbocycles. The van der Waals surface area contributed by atoms with Gasteiger partial charge in [0.1, 0.15) is 0 Å². The maximum absolute atomic E-state index is 12.9. The van der Waals surface area contributed by atoms with Gasteiger partial charge in [0.2, 0.25) is 11.8 Å². The first-order valence-corrected chi connectivity index (χ1v) is 11.5. The van der Waals surface area contributed by atoms with Crippen LogP contribution in [0.3, 0.4) is 0 Å². The number of amides is 2. The lowest BCUT2D eigenvalue weighted by Gasteiger charge is -2.40. The highest BCUT2D eigenvalue weighted by Gasteiger charge is 2.32. The van der Waals surface area contributed by atoms with Crippen molar-refractivity contribution in [2.45, 2.75) is 69.9 Å². The maximum atomic E-state index is 12.9. The third-order valence-corrected chi connectivity index (χ3v) is 7.18. The van der Waals surface area contributed by atoms with Crippen molar-refractivity contribution in [3.05, 3.63) is 35.4 Å². The second kappa shape index (κ2) is 9.29. The van der Waals surface area contributed by atoms with Crippen molar-refractivity contribution in [1.29, 1.82) is 0 Å². The Labute approximate surface area is 175 Å². The predicted octanol–water partition coefficient (Wildman–Crippen LogP) is 2.87. The van der Waals surface area contributed by atoms with E-state index in [1.165, 1.54) is 11.1 Å². The summed E-state index contributed by atoms with van der Waals surface area (Å²) in [6.45, 7) is 3.51. The van der Waals surface area contributed by atoms with Crippen LogP contribution in [0.4, 0.5) is 0 Å². The molecule has 5 heteroatoms. The largest absolute Gasteiger partial charge is 0.342 e. The standard InChI is InChI=1S/C24H35N3O2/c1-25(23(28)12-15-26-13-6-2-3-11-24(26)29)21-10-7-14-27(18-21)22-16-19-8-4-5-9-20(19)17-22/h4-5,8-9,21-22H,2-3,6-7,10-18H2,1H3/t21-/m0/s1. The Balaban J connectivity index is 1.28. The number of carbonyl (C=O) groups excluding carboxylic acids is 2. The Hall–Kier alpha value is -1.88. The van der Waals surface area contributed by atoms with Gasteiger partial charge in [0, 0.05) is 51.6 Å². The molecule has 0 aromatic heterocycles. The van der Waals surface area contributed by atoms with Crippen LogP contribution in [-0.2, 0) is 22.4 Å². The van der Waals surface area contributed by atoms with Crippen LogP contribution >= 0.6 is 0 Å². The number of likely N-dealkylation sites (N-methyl/N-ethyl adjacent to an activating group) is 1. The van der Waals surface area contributed by atoms with E-state index in [2.05, 4.69) is 29.2 Å². The van der Waals surface area contributed by atoms with Gasteiger partial charge in [0.15, 0.2) is 0 Å². The summed E-state index contributed by atoms with van der Waals surface area (Å²) >= 11 is 0. The fourth-order valence-electron chi connectivity index (χ4n) is 5.31. The highest BCUT2D eigenvalue weighted by molar-refractivity contribution is 5.79. The van der Waals surface area contributed by atoms with Crippen LogP contribution < -0.4 is 0 Å². The molecule has 2 aliphatic heterocycles. The number of carbonyl (C=O) groups is 2. The van der Waals surface area contributed by atoms with Crippen molar-refractivity contribution in [3.8, 4) is 0 Å². The van der Waals surface area contributed by atoms with Gasteiger partial charge in [-0.1, -0.05) is 30.7 Å². The summed E-state index contributed by atoms with van der Waals surface area (Å²) in [4.78, 5) is 31.5. The second-order valence-corrected chi connectivity index (χ2v) is 9.07. The fourth-order valence-corrected chi connectivity index (χ4v) is 5.31. The fraction of sp³-hybridized carbons (Fsp3) is 0.667. The molecule has 29 heavy (non-hydrogen) atoms. The van der Waals surface area contributed by atoms with E-state index in [9.17, 15) is 9.59 Å². The maximum Gasteiger partial charge on any atom is 0.224 e. The lowest BCUT2D eigenvalue weighted by atomic mass is 10.0. The first kappa shape index (κ1) is 20.4. The van der Waals surface area contributed by atoms with Crippen LogP contribution in [0, 0.1) is 0 Å². The van der Waals surface area contributed by atoms with Crippen molar-refractivity contribution < 1.29 is 9.59 Å². The monoisotopic (exact) mass is 397 g/mol. The minimum absolute atomic E-state index is 0.184. The molecular weight excluding hydrogens is 362 g/mol. The summed E-state index contributed by atoms with van der Waals surface area (Å²) < 4.78 is 0. The zero-order valence-corrected chi connectivity index (χ0v) is 17.8. The van der Waals surface area contributed by atoms with Crippen LogP contribution in [0.25, 0.3) is 0 Å². The van der Waals surface area contributed by atoms with Gasteiger partial charge in [-0.05, 0) is 56.2 Å². The van der Waals surface area contributed by atoms with E-state index in [4.69, 9.17) is 0 Å². The summed E-state index contributed by atoms with van der Waals surface area (Å²) in [5.74, 6) is 0.409. The Morgan fingerprint density at radius 3 is 2.59 bits per heavy atom. The first-order chi connectivity index (χ1) is 14.1. The van der Waals surface area contributed by atoms with Crippen LogP contribution in [-0.4, -0.2) is 71.8 Å². The van der Waals surface area contributed by atoms with E-state index in [1.807, 2.05) is 16.8 Å². The topological polar surface area (TPSA) is 43.9 Å². The van der Waals surface area contributed by atoms with E-state index in [1.54, 1.807) is 0 Å². The second-order valence-electron chi connectivity index (χ2n) is 9.07. The zero-order valence-electron chi connectivity index (χ0n) is 17.8. The number of likely N-dealkylation sites (tertiary alicyclic amines) is 2. The lowest BCUT2D eigenvalue weighted by molar-refractivity contribution is -0.135. The number of benzene rings is 1. The Morgan fingerprint density at radius 1 is 1.07 bits per heavy atom. The molecule has 1 aromatic carbocycles. The van der Waals surface area contributed by atoms with Gasteiger partial charge < -0.3 is 9.80 Å². The first-order valence-electron chi connectivity index (χ1n) is 11.5.